The first kappa shape index (κ1) is 12.5. The van der Waals surface area contributed by atoms with Crippen LogP contribution in [-0.4, -0.2) is 34.8 Å². The molecule has 1 aromatic rings. The lowest BCUT2D eigenvalue weighted by Gasteiger charge is -2.23. The Balaban J connectivity index is 2.68. The molecule has 84 valence electrons. The number of likely N-dealkylation sites (N-methyl/N-ethyl adjacent to an activating group) is 1. The molecule has 1 atom stereocenters. The van der Waals surface area contributed by atoms with Crippen molar-refractivity contribution in [2.75, 3.05) is 19.6 Å². The van der Waals surface area contributed by atoms with Crippen LogP contribution in [0.2, 0.25) is 0 Å². The Morgan fingerprint density at radius 3 is 2.33 bits per heavy atom. The van der Waals surface area contributed by atoms with Gasteiger partial charge in [-0.15, -0.1) is 0 Å². The molecule has 1 unspecified atom stereocenters. The Morgan fingerprint density at radius 1 is 1.20 bits per heavy atom. The fraction of sp³-hybridized carbons (Fsp3) is 0.538. The zero-order valence-electron chi connectivity index (χ0n) is 10.5. The van der Waals surface area contributed by atoms with Crippen molar-refractivity contribution in [3.05, 3.63) is 29.8 Å². The summed E-state index contributed by atoms with van der Waals surface area (Å²) < 4.78 is 0. The largest absolute Gasteiger partial charge is 0.303 e. The van der Waals surface area contributed by atoms with E-state index < -0.39 is 0 Å². The van der Waals surface area contributed by atoms with Gasteiger partial charge in [-0.3, -0.25) is 0 Å². The van der Waals surface area contributed by atoms with Crippen LogP contribution in [0.15, 0.2) is 24.3 Å². The Bertz CT molecular complexity index is 294. The van der Waals surface area contributed by atoms with Gasteiger partial charge in [-0.05, 0) is 24.6 Å². The molecule has 0 aliphatic heterocycles. The molecule has 0 aliphatic carbocycles. The van der Waals surface area contributed by atoms with Crippen molar-refractivity contribution in [3.8, 4) is 0 Å². The molecule has 1 aromatic carbocycles. The fourth-order valence-electron chi connectivity index (χ4n) is 2.11. The second-order valence-corrected chi connectivity index (χ2v) is 5.32. The van der Waals surface area contributed by atoms with Gasteiger partial charge < -0.3 is 4.90 Å². The summed E-state index contributed by atoms with van der Waals surface area (Å²) in [7, 11) is 1.16. The number of hydrogen-bond acceptors (Lipinski definition) is 1. The van der Waals surface area contributed by atoms with Gasteiger partial charge in [0.15, 0.2) is 0 Å². The summed E-state index contributed by atoms with van der Waals surface area (Å²) in [6, 6.07) is 8.86. The number of hydrogen-bond donors (Lipinski definition) is 0. The monoisotopic (exact) mass is 221 g/mol. The number of benzene rings is 1. The minimum atomic E-state index is 0.665. The molecular weight excluding hydrogens is 198 g/mol. The quantitative estimate of drug-likeness (QED) is 0.674. The Morgan fingerprint density at radius 2 is 1.80 bits per heavy atom. The maximum absolute atomic E-state index is 2.50. The van der Waals surface area contributed by atoms with Crippen LogP contribution in [-0.2, 0) is 0 Å². The van der Waals surface area contributed by atoms with E-state index in [0.717, 1.165) is 23.3 Å². The van der Waals surface area contributed by atoms with Crippen LogP contribution in [0.3, 0.4) is 0 Å². The average Bonchev–Trinajstić information content (AvgIpc) is 2.26. The third-order valence-electron chi connectivity index (χ3n) is 3.15. The molecule has 0 spiro atoms. The van der Waals surface area contributed by atoms with Crippen LogP contribution < -0.4 is 5.19 Å². The maximum Gasteiger partial charge on any atom is 0.0388 e. The highest BCUT2D eigenvalue weighted by Crippen LogP contribution is 2.13. The van der Waals surface area contributed by atoms with Crippen molar-refractivity contribution in [2.45, 2.75) is 26.7 Å². The van der Waals surface area contributed by atoms with Crippen LogP contribution in [0.25, 0.3) is 0 Å². The molecule has 0 aromatic heterocycles. The van der Waals surface area contributed by atoms with Crippen LogP contribution in [0.5, 0.6) is 0 Å². The summed E-state index contributed by atoms with van der Waals surface area (Å²) in [6.07, 6.45) is 0. The number of rotatable bonds is 5. The Labute approximate surface area is 96.9 Å². The minimum Gasteiger partial charge on any atom is -0.303 e. The van der Waals surface area contributed by atoms with Crippen LogP contribution in [0.1, 0.15) is 32.3 Å². The van der Waals surface area contributed by atoms with E-state index in [-0.39, 0.29) is 0 Å². The minimum absolute atomic E-state index is 0.665. The molecule has 0 fully saturated rings. The van der Waals surface area contributed by atoms with Crippen LogP contribution in [0.4, 0.5) is 0 Å². The van der Waals surface area contributed by atoms with Crippen molar-refractivity contribution in [1.82, 2.24) is 4.90 Å². The Hall–Kier alpha value is -0.603. The number of nitrogens with zero attached hydrogens (tertiary/aromatic N) is 1. The SMILES string of the molecule is CCN(CC)CC(C)c1ccccc1[SiH3]. The lowest BCUT2D eigenvalue weighted by Crippen LogP contribution is -2.29. The molecule has 2 heteroatoms. The zero-order chi connectivity index (χ0) is 11.3. The molecule has 0 amide bonds. The van der Waals surface area contributed by atoms with Crippen molar-refractivity contribution in [1.29, 1.82) is 0 Å². The molecule has 0 aliphatic rings. The molecule has 15 heavy (non-hydrogen) atoms. The van der Waals surface area contributed by atoms with E-state index in [9.17, 15) is 0 Å². The summed E-state index contributed by atoms with van der Waals surface area (Å²) in [5, 5.41) is 1.55. The van der Waals surface area contributed by atoms with Gasteiger partial charge in [0.1, 0.15) is 0 Å². The first-order valence-electron chi connectivity index (χ1n) is 5.96. The predicted molar refractivity (Wildman–Crippen MR) is 72.2 cm³/mol. The van der Waals surface area contributed by atoms with Crippen molar-refractivity contribution in [2.24, 2.45) is 0 Å². The highest BCUT2D eigenvalue weighted by molar-refractivity contribution is 6.33. The predicted octanol–water partition coefficient (Wildman–Crippen LogP) is 1.12. The lowest BCUT2D eigenvalue weighted by molar-refractivity contribution is 0.289. The summed E-state index contributed by atoms with van der Waals surface area (Å²) >= 11 is 0. The average molecular weight is 221 g/mol. The molecule has 0 heterocycles. The summed E-state index contributed by atoms with van der Waals surface area (Å²) in [4.78, 5) is 2.50. The summed E-state index contributed by atoms with van der Waals surface area (Å²) in [5.41, 5.74) is 1.55. The van der Waals surface area contributed by atoms with E-state index in [4.69, 9.17) is 0 Å². The van der Waals surface area contributed by atoms with Gasteiger partial charge >= 0.3 is 0 Å². The zero-order valence-corrected chi connectivity index (χ0v) is 12.5. The topological polar surface area (TPSA) is 3.24 Å². The second kappa shape index (κ2) is 6.08. The molecular formula is C13H23NSi. The van der Waals surface area contributed by atoms with E-state index in [1.165, 1.54) is 6.54 Å². The summed E-state index contributed by atoms with van der Waals surface area (Å²) in [5.74, 6) is 0.665. The van der Waals surface area contributed by atoms with Crippen LogP contribution >= 0.6 is 0 Å². The van der Waals surface area contributed by atoms with Gasteiger partial charge in [0.05, 0.1) is 0 Å². The van der Waals surface area contributed by atoms with Crippen molar-refractivity contribution in [3.63, 3.8) is 0 Å². The highest BCUT2D eigenvalue weighted by atomic mass is 28.1. The van der Waals surface area contributed by atoms with E-state index in [2.05, 4.69) is 49.9 Å². The van der Waals surface area contributed by atoms with Gasteiger partial charge in [0.25, 0.3) is 0 Å². The smallest absolute Gasteiger partial charge is 0.0388 e. The van der Waals surface area contributed by atoms with E-state index in [1.54, 1.807) is 10.8 Å². The molecule has 0 radical (unpaired) electrons. The lowest BCUT2D eigenvalue weighted by atomic mass is 10.0. The Kier molecular flexibility index (Phi) is 5.06. The molecule has 1 rings (SSSR count). The molecule has 0 saturated heterocycles. The maximum atomic E-state index is 2.50. The fourth-order valence-corrected chi connectivity index (χ4v) is 2.96. The van der Waals surface area contributed by atoms with Gasteiger partial charge in [-0.2, -0.15) is 0 Å². The van der Waals surface area contributed by atoms with Crippen LogP contribution in [0, 0.1) is 0 Å². The van der Waals surface area contributed by atoms with Crippen molar-refractivity contribution < 1.29 is 0 Å². The van der Waals surface area contributed by atoms with Gasteiger partial charge in [-0.1, -0.05) is 50.2 Å². The molecule has 1 nitrogen and oxygen atoms in total. The van der Waals surface area contributed by atoms with Gasteiger partial charge in [0.2, 0.25) is 0 Å². The third-order valence-corrected chi connectivity index (χ3v) is 4.06. The van der Waals surface area contributed by atoms with E-state index in [1.807, 2.05) is 0 Å². The van der Waals surface area contributed by atoms with Crippen molar-refractivity contribution >= 4 is 15.4 Å². The highest BCUT2D eigenvalue weighted by Gasteiger charge is 2.10. The van der Waals surface area contributed by atoms with Gasteiger partial charge in [-0.25, -0.2) is 0 Å². The molecule has 0 bridgehead atoms. The molecule has 0 N–H and O–H groups in total. The first-order chi connectivity index (χ1) is 7.19. The summed E-state index contributed by atoms with van der Waals surface area (Å²) in [6.45, 7) is 10.3. The van der Waals surface area contributed by atoms with E-state index >= 15 is 0 Å². The second-order valence-electron chi connectivity index (χ2n) is 4.24. The molecule has 0 saturated carbocycles. The normalized spacial score (nSPS) is 13.3. The third kappa shape index (κ3) is 3.47. The standard InChI is InChI=1S/C13H23NSi/c1-4-14(5-2)10-11(3)12-8-6-7-9-13(12)15/h6-9,11H,4-5,10H2,1-3,15H3. The van der Waals surface area contributed by atoms with E-state index in [0.29, 0.717) is 5.92 Å². The first-order valence-corrected chi connectivity index (χ1v) is 6.96. The van der Waals surface area contributed by atoms with Gasteiger partial charge in [0, 0.05) is 16.8 Å².